The van der Waals surface area contributed by atoms with Crippen molar-refractivity contribution in [2.24, 2.45) is 4.99 Å². The van der Waals surface area contributed by atoms with E-state index in [1.165, 1.54) is 24.5 Å². The highest BCUT2D eigenvalue weighted by atomic mass is 32.1. The zero-order valence-corrected chi connectivity index (χ0v) is 16.1. The Bertz CT molecular complexity index is 1240. The summed E-state index contributed by atoms with van der Waals surface area (Å²) < 4.78 is 32.8. The van der Waals surface area contributed by atoms with Crippen LogP contribution in [0.1, 0.15) is 10.6 Å². The van der Waals surface area contributed by atoms with Crippen molar-refractivity contribution in [3.63, 3.8) is 0 Å². The molecule has 0 radical (unpaired) electrons. The van der Waals surface area contributed by atoms with E-state index >= 15 is 0 Å². The lowest BCUT2D eigenvalue weighted by atomic mass is 10.2. The van der Waals surface area contributed by atoms with Crippen LogP contribution in [0.3, 0.4) is 0 Å². The largest absolute Gasteiger partial charge is 0.493 e. The van der Waals surface area contributed by atoms with Crippen LogP contribution in [0.4, 0.5) is 4.39 Å². The molecule has 0 saturated heterocycles. The number of nitrogens with zero attached hydrogens (tertiary/aromatic N) is 2. The van der Waals surface area contributed by atoms with E-state index in [0.717, 1.165) is 5.39 Å². The molecule has 0 saturated carbocycles. The first kappa shape index (κ1) is 18.4. The lowest BCUT2D eigenvalue weighted by molar-refractivity contribution is 0.0973. The van der Waals surface area contributed by atoms with Crippen molar-refractivity contribution >= 4 is 38.4 Å². The van der Waals surface area contributed by atoms with Gasteiger partial charge >= 0.3 is 5.91 Å². The summed E-state index contributed by atoms with van der Waals surface area (Å²) >= 11 is 1.24. The van der Waals surface area contributed by atoms with E-state index in [2.05, 4.69) is 4.99 Å². The molecule has 2 aromatic heterocycles. The highest BCUT2D eigenvalue weighted by Crippen LogP contribution is 2.28. The number of methoxy groups -OCH3 is 2. The molecule has 0 aliphatic rings. The molecule has 0 atom stereocenters. The zero-order chi connectivity index (χ0) is 19.7. The predicted molar refractivity (Wildman–Crippen MR) is 104 cm³/mol. The van der Waals surface area contributed by atoms with Gasteiger partial charge in [-0.2, -0.15) is 4.99 Å². The Morgan fingerprint density at radius 2 is 2.07 bits per heavy atom. The van der Waals surface area contributed by atoms with Gasteiger partial charge in [0.1, 0.15) is 5.82 Å². The summed E-state index contributed by atoms with van der Waals surface area (Å²) in [5.74, 6) is -0.282. The summed E-state index contributed by atoms with van der Waals surface area (Å²) in [5, 5.41) is 0.743. The predicted octanol–water partition coefficient (Wildman–Crippen LogP) is 3.98. The molecule has 8 heteroatoms. The fourth-order valence-electron chi connectivity index (χ4n) is 3.01. The van der Waals surface area contributed by atoms with E-state index in [0.29, 0.717) is 39.5 Å². The van der Waals surface area contributed by atoms with Gasteiger partial charge < -0.3 is 18.5 Å². The topological polar surface area (TPSA) is 66.0 Å². The first-order valence-electron chi connectivity index (χ1n) is 8.54. The Hall–Kier alpha value is -2.97. The van der Waals surface area contributed by atoms with Gasteiger partial charge in [0, 0.05) is 19.0 Å². The maximum Gasteiger partial charge on any atom is 0.315 e. The lowest BCUT2D eigenvalue weighted by Gasteiger charge is -2.04. The van der Waals surface area contributed by atoms with Gasteiger partial charge in [0.25, 0.3) is 0 Å². The number of fused-ring (bicyclic) bond motifs is 2. The number of hydrogen-bond acceptors (Lipinski definition) is 5. The quantitative estimate of drug-likeness (QED) is 0.508. The van der Waals surface area contributed by atoms with Crippen molar-refractivity contribution in [2.75, 3.05) is 20.8 Å². The lowest BCUT2D eigenvalue weighted by Crippen LogP contribution is -2.19. The van der Waals surface area contributed by atoms with Crippen LogP contribution in [0.15, 0.2) is 51.9 Å². The first-order valence-corrected chi connectivity index (χ1v) is 9.36. The van der Waals surface area contributed by atoms with E-state index in [1.807, 2.05) is 12.1 Å². The Kier molecular flexibility index (Phi) is 4.97. The summed E-state index contributed by atoms with van der Waals surface area (Å²) in [4.78, 5) is 17.3. The zero-order valence-electron chi connectivity index (χ0n) is 15.3. The molecule has 4 rings (SSSR count). The number of benzene rings is 2. The number of hydrogen-bond donors (Lipinski definition) is 0. The second kappa shape index (κ2) is 7.57. The second-order valence-electron chi connectivity index (χ2n) is 6.02. The summed E-state index contributed by atoms with van der Waals surface area (Å²) in [6.45, 7) is 0.737. The molecule has 0 aliphatic heterocycles. The van der Waals surface area contributed by atoms with Crippen LogP contribution in [0.2, 0.25) is 0 Å². The number of carbonyl (C=O) groups is 1. The molecule has 0 fully saturated rings. The minimum absolute atomic E-state index is 0.0933. The Morgan fingerprint density at radius 1 is 1.25 bits per heavy atom. The standard InChI is InChI=1S/C20H17FN2O4S/c1-25-10-9-23-17-13(21)6-4-8-16(17)28-20(23)22-19(24)15-11-12-5-3-7-14(26-2)18(12)27-15/h3-8,11H,9-10H2,1-2H3. The number of amides is 1. The van der Waals surface area contributed by atoms with Crippen LogP contribution in [-0.4, -0.2) is 31.3 Å². The van der Waals surface area contributed by atoms with E-state index in [9.17, 15) is 9.18 Å². The number of carbonyl (C=O) groups excluding carboxylic acids is 1. The van der Waals surface area contributed by atoms with Crippen LogP contribution in [0, 0.1) is 5.82 Å². The average Bonchev–Trinajstić information content (AvgIpc) is 3.28. The molecule has 0 aliphatic carbocycles. The van der Waals surface area contributed by atoms with Crippen molar-refractivity contribution in [3.05, 3.63) is 58.8 Å². The number of halogens is 1. The monoisotopic (exact) mass is 400 g/mol. The minimum atomic E-state index is -0.545. The molecule has 28 heavy (non-hydrogen) atoms. The molecule has 0 spiro atoms. The van der Waals surface area contributed by atoms with Crippen LogP contribution in [0.25, 0.3) is 21.2 Å². The fraction of sp³-hybridized carbons (Fsp3) is 0.200. The summed E-state index contributed by atoms with van der Waals surface area (Å²) in [7, 11) is 3.10. The molecule has 0 bridgehead atoms. The van der Waals surface area contributed by atoms with Crippen molar-refractivity contribution in [1.29, 1.82) is 0 Å². The van der Waals surface area contributed by atoms with E-state index < -0.39 is 5.91 Å². The van der Waals surface area contributed by atoms with Gasteiger partial charge in [0.05, 0.1) is 23.9 Å². The van der Waals surface area contributed by atoms with Gasteiger partial charge in [-0.1, -0.05) is 29.5 Å². The van der Waals surface area contributed by atoms with Crippen molar-refractivity contribution in [2.45, 2.75) is 6.54 Å². The Morgan fingerprint density at radius 3 is 2.86 bits per heavy atom. The molecule has 2 aromatic carbocycles. The highest BCUT2D eigenvalue weighted by molar-refractivity contribution is 7.16. The number of aromatic nitrogens is 1. The third-order valence-corrected chi connectivity index (χ3v) is 5.35. The molecule has 2 heterocycles. The molecule has 0 N–H and O–H groups in total. The molecule has 4 aromatic rings. The van der Waals surface area contributed by atoms with Crippen molar-refractivity contribution < 1.29 is 23.1 Å². The Balaban J connectivity index is 1.83. The minimum Gasteiger partial charge on any atom is -0.493 e. The van der Waals surface area contributed by atoms with Gasteiger partial charge in [0.15, 0.2) is 21.9 Å². The maximum atomic E-state index is 14.4. The highest BCUT2D eigenvalue weighted by Gasteiger charge is 2.16. The first-order chi connectivity index (χ1) is 13.6. The molecular formula is C20H17FN2O4S. The van der Waals surface area contributed by atoms with Crippen molar-refractivity contribution in [3.8, 4) is 5.75 Å². The van der Waals surface area contributed by atoms with Crippen LogP contribution >= 0.6 is 11.3 Å². The Labute approximate surface area is 163 Å². The number of ether oxygens (including phenoxy) is 2. The third-order valence-electron chi connectivity index (χ3n) is 4.31. The van der Waals surface area contributed by atoms with Crippen LogP contribution in [-0.2, 0) is 11.3 Å². The molecule has 1 amide bonds. The number of rotatable bonds is 5. The molecule has 0 unspecified atom stereocenters. The van der Waals surface area contributed by atoms with E-state index in [1.54, 1.807) is 35.9 Å². The van der Waals surface area contributed by atoms with Crippen LogP contribution < -0.4 is 9.54 Å². The maximum absolute atomic E-state index is 14.4. The van der Waals surface area contributed by atoms with Gasteiger partial charge in [-0.15, -0.1) is 0 Å². The van der Waals surface area contributed by atoms with E-state index in [-0.39, 0.29) is 11.6 Å². The molecule has 144 valence electrons. The fourth-order valence-corrected chi connectivity index (χ4v) is 4.08. The van der Waals surface area contributed by atoms with Gasteiger partial charge in [-0.3, -0.25) is 4.79 Å². The van der Waals surface area contributed by atoms with Crippen LogP contribution in [0.5, 0.6) is 5.75 Å². The number of para-hydroxylation sites is 2. The summed E-state index contributed by atoms with van der Waals surface area (Å²) in [5.41, 5.74) is 0.889. The number of furan rings is 1. The normalized spacial score (nSPS) is 12.2. The summed E-state index contributed by atoms with van der Waals surface area (Å²) in [6.07, 6.45) is 0. The molecular weight excluding hydrogens is 383 g/mol. The van der Waals surface area contributed by atoms with Gasteiger partial charge in [-0.05, 0) is 24.3 Å². The third kappa shape index (κ3) is 3.21. The second-order valence-corrected chi connectivity index (χ2v) is 7.03. The van der Waals surface area contributed by atoms with E-state index in [4.69, 9.17) is 13.9 Å². The van der Waals surface area contributed by atoms with Gasteiger partial charge in [0.2, 0.25) is 0 Å². The number of thiazole rings is 1. The average molecular weight is 400 g/mol. The molecule has 6 nitrogen and oxygen atoms in total. The summed E-state index contributed by atoms with van der Waals surface area (Å²) in [6, 6.07) is 11.8. The van der Waals surface area contributed by atoms with Crippen molar-refractivity contribution in [1.82, 2.24) is 4.57 Å². The SMILES string of the molecule is COCCn1c(=NC(=O)c2cc3cccc(OC)c3o2)sc2cccc(F)c21. The smallest absolute Gasteiger partial charge is 0.315 e. The van der Waals surface area contributed by atoms with Gasteiger partial charge in [-0.25, -0.2) is 4.39 Å².